The van der Waals surface area contributed by atoms with Crippen molar-refractivity contribution in [2.75, 3.05) is 12.4 Å². The number of aryl methyl sites for hydroxylation is 1. The quantitative estimate of drug-likeness (QED) is 0.421. The van der Waals surface area contributed by atoms with E-state index in [9.17, 15) is 18.0 Å². The van der Waals surface area contributed by atoms with Gasteiger partial charge in [-0.15, -0.1) is 4.80 Å². The van der Waals surface area contributed by atoms with E-state index in [1.807, 2.05) is 19.9 Å². The van der Waals surface area contributed by atoms with Crippen molar-refractivity contribution in [2.24, 2.45) is 0 Å². The number of nitrogens with zero attached hydrogens (tertiary/aromatic N) is 7. The van der Waals surface area contributed by atoms with Crippen LogP contribution in [-0.4, -0.2) is 66.3 Å². The summed E-state index contributed by atoms with van der Waals surface area (Å²) in [5.74, 6) is 0.371. The number of pyridine rings is 1. The number of halogens is 3. The van der Waals surface area contributed by atoms with E-state index in [1.165, 1.54) is 4.80 Å². The second-order valence-corrected chi connectivity index (χ2v) is 8.47. The third-order valence-corrected chi connectivity index (χ3v) is 5.72. The Morgan fingerprint density at radius 2 is 1.75 bits per heavy atom. The summed E-state index contributed by atoms with van der Waals surface area (Å²) >= 11 is 0. The maximum absolute atomic E-state index is 12.5. The summed E-state index contributed by atoms with van der Waals surface area (Å²) in [6.07, 6.45) is 3.04. The first kappa shape index (κ1) is 28.8. The van der Waals surface area contributed by atoms with Crippen LogP contribution in [0.25, 0.3) is 5.69 Å². The standard InChI is InChI=1S/C15H25F3N4.C9H8N4O/c1-6-11(12(7-2)22(5)10(3)4)21-14-9-19-13(8-20-14)15(16,17)18;1-7-2-3-9(8(6-14)12-7)13-10-4-5-11-13/h8-12H,6-7H2,1-5H3,(H,20,21);2-6H,1H3. The first-order valence-corrected chi connectivity index (χ1v) is 11.7. The number of carbonyl (C=O) groups is 1. The summed E-state index contributed by atoms with van der Waals surface area (Å²) in [4.78, 5) is 25.7. The highest BCUT2D eigenvalue weighted by atomic mass is 19.4. The third kappa shape index (κ3) is 7.80. The predicted molar refractivity (Wildman–Crippen MR) is 131 cm³/mol. The monoisotopic (exact) mass is 506 g/mol. The Morgan fingerprint density at radius 1 is 1.08 bits per heavy atom. The molecule has 12 heteroatoms. The number of rotatable bonds is 9. The Labute approximate surface area is 209 Å². The molecule has 0 aliphatic carbocycles. The Balaban J connectivity index is 0.000000278. The SMILES string of the molecule is CCC(Nc1cnc(C(F)(F)F)cn1)C(CC)N(C)C(C)C.Cc1ccc(-n2nccn2)c(C=O)n1. The minimum Gasteiger partial charge on any atom is -0.364 e. The van der Waals surface area contributed by atoms with Gasteiger partial charge in [0.05, 0.1) is 24.8 Å². The molecule has 0 aliphatic rings. The van der Waals surface area contributed by atoms with E-state index < -0.39 is 11.9 Å². The lowest BCUT2D eigenvalue weighted by Crippen LogP contribution is -2.47. The number of aromatic nitrogens is 6. The van der Waals surface area contributed by atoms with Crippen LogP contribution in [0.1, 0.15) is 62.4 Å². The fraction of sp³-hybridized carbons (Fsp3) is 0.500. The van der Waals surface area contributed by atoms with Gasteiger partial charge in [-0.25, -0.2) is 15.0 Å². The Hall–Kier alpha value is -3.41. The van der Waals surface area contributed by atoms with Crippen molar-refractivity contribution in [3.63, 3.8) is 0 Å². The van der Waals surface area contributed by atoms with Crippen molar-refractivity contribution in [3.8, 4) is 5.69 Å². The second-order valence-electron chi connectivity index (χ2n) is 8.47. The molecule has 0 saturated carbocycles. The molecule has 1 N–H and O–H groups in total. The van der Waals surface area contributed by atoms with Gasteiger partial charge in [-0.2, -0.15) is 23.4 Å². The highest BCUT2D eigenvalue weighted by molar-refractivity contribution is 5.77. The molecule has 196 valence electrons. The first-order valence-electron chi connectivity index (χ1n) is 11.7. The minimum absolute atomic E-state index is 0.100. The molecule has 0 spiro atoms. The lowest BCUT2D eigenvalue weighted by atomic mass is 10.0. The van der Waals surface area contributed by atoms with Crippen LogP contribution in [0.15, 0.2) is 36.9 Å². The van der Waals surface area contributed by atoms with Crippen LogP contribution in [0, 0.1) is 6.92 Å². The number of hydrogen-bond donors (Lipinski definition) is 1. The van der Waals surface area contributed by atoms with Gasteiger partial charge in [0, 0.05) is 23.8 Å². The van der Waals surface area contributed by atoms with Gasteiger partial charge in [-0.3, -0.25) is 9.69 Å². The molecule has 0 fully saturated rings. The second kappa shape index (κ2) is 13.1. The van der Waals surface area contributed by atoms with Crippen molar-refractivity contribution >= 4 is 12.1 Å². The van der Waals surface area contributed by atoms with Gasteiger partial charge < -0.3 is 5.32 Å². The van der Waals surface area contributed by atoms with Gasteiger partial charge in [0.1, 0.15) is 17.2 Å². The van der Waals surface area contributed by atoms with Gasteiger partial charge in [-0.1, -0.05) is 13.8 Å². The van der Waals surface area contributed by atoms with E-state index in [0.29, 0.717) is 29.5 Å². The molecule has 0 radical (unpaired) electrons. The molecule has 2 unspecified atom stereocenters. The topological polar surface area (TPSA) is 102 Å². The van der Waals surface area contributed by atoms with Gasteiger partial charge in [0.25, 0.3) is 0 Å². The average molecular weight is 507 g/mol. The summed E-state index contributed by atoms with van der Waals surface area (Å²) in [5.41, 5.74) is 0.761. The van der Waals surface area contributed by atoms with E-state index in [4.69, 9.17) is 0 Å². The zero-order valence-corrected chi connectivity index (χ0v) is 21.4. The van der Waals surface area contributed by atoms with E-state index in [0.717, 1.165) is 30.9 Å². The number of likely N-dealkylation sites (N-methyl/N-ethyl adjacent to an activating group) is 1. The predicted octanol–water partition coefficient (Wildman–Crippen LogP) is 4.59. The largest absolute Gasteiger partial charge is 0.434 e. The molecule has 0 aliphatic heterocycles. The molecule has 3 heterocycles. The van der Waals surface area contributed by atoms with Crippen LogP contribution in [0.2, 0.25) is 0 Å². The van der Waals surface area contributed by atoms with Crippen LogP contribution in [0.4, 0.5) is 19.0 Å². The van der Waals surface area contributed by atoms with Crippen molar-refractivity contribution in [2.45, 2.75) is 71.8 Å². The van der Waals surface area contributed by atoms with Gasteiger partial charge in [0.15, 0.2) is 12.0 Å². The lowest BCUT2D eigenvalue weighted by Gasteiger charge is -2.36. The van der Waals surface area contributed by atoms with Gasteiger partial charge in [0.2, 0.25) is 0 Å². The highest BCUT2D eigenvalue weighted by Gasteiger charge is 2.33. The van der Waals surface area contributed by atoms with E-state index >= 15 is 0 Å². The molecule has 0 aromatic carbocycles. The zero-order valence-electron chi connectivity index (χ0n) is 21.4. The number of nitrogens with one attached hydrogen (secondary N) is 1. The van der Waals surface area contributed by atoms with E-state index in [-0.39, 0.29) is 12.1 Å². The van der Waals surface area contributed by atoms with Crippen LogP contribution in [-0.2, 0) is 6.18 Å². The maximum atomic E-state index is 12.5. The van der Waals surface area contributed by atoms with Crippen molar-refractivity contribution in [1.29, 1.82) is 0 Å². The van der Waals surface area contributed by atoms with Crippen molar-refractivity contribution in [3.05, 3.63) is 54.0 Å². The smallest absolute Gasteiger partial charge is 0.364 e. The fourth-order valence-corrected chi connectivity index (χ4v) is 3.61. The van der Waals surface area contributed by atoms with Gasteiger partial charge in [-0.05, 0) is 52.8 Å². The average Bonchev–Trinajstić information content (AvgIpc) is 3.38. The van der Waals surface area contributed by atoms with Crippen LogP contribution in [0.5, 0.6) is 0 Å². The molecule has 3 aromatic heterocycles. The summed E-state index contributed by atoms with van der Waals surface area (Å²) in [5, 5.41) is 11.1. The van der Waals surface area contributed by atoms with Gasteiger partial charge >= 0.3 is 6.18 Å². The number of anilines is 1. The lowest BCUT2D eigenvalue weighted by molar-refractivity contribution is -0.141. The molecule has 2 atom stereocenters. The molecule has 0 saturated heterocycles. The molecular formula is C24H33F3N8O. The van der Waals surface area contributed by atoms with E-state index in [2.05, 4.69) is 63.2 Å². The van der Waals surface area contributed by atoms with Crippen LogP contribution in [0.3, 0.4) is 0 Å². The first-order chi connectivity index (χ1) is 17.0. The fourth-order valence-electron chi connectivity index (χ4n) is 3.61. The van der Waals surface area contributed by atoms with E-state index in [1.54, 1.807) is 18.5 Å². The molecule has 36 heavy (non-hydrogen) atoms. The molecule has 0 amide bonds. The van der Waals surface area contributed by atoms with Crippen LogP contribution >= 0.6 is 0 Å². The van der Waals surface area contributed by atoms with Crippen molar-refractivity contribution < 1.29 is 18.0 Å². The Kier molecular flexibility index (Phi) is 10.5. The molecule has 0 bridgehead atoms. The number of aldehydes is 1. The summed E-state index contributed by atoms with van der Waals surface area (Å²) in [6, 6.07) is 4.34. The van der Waals surface area contributed by atoms with Crippen molar-refractivity contribution in [1.82, 2.24) is 34.8 Å². The highest BCUT2D eigenvalue weighted by Crippen LogP contribution is 2.27. The Morgan fingerprint density at radius 3 is 2.22 bits per heavy atom. The third-order valence-electron chi connectivity index (χ3n) is 5.72. The molecule has 9 nitrogen and oxygen atoms in total. The zero-order chi connectivity index (χ0) is 26.9. The summed E-state index contributed by atoms with van der Waals surface area (Å²) in [6.45, 7) is 10.2. The minimum atomic E-state index is -4.46. The number of hydrogen-bond acceptors (Lipinski definition) is 8. The number of alkyl halides is 3. The normalized spacial score (nSPS) is 13.2. The summed E-state index contributed by atoms with van der Waals surface area (Å²) < 4.78 is 37.5. The maximum Gasteiger partial charge on any atom is 0.434 e. The summed E-state index contributed by atoms with van der Waals surface area (Å²) in [7, 11) is 2.06. The molecule has 3 aromatic rings. The molecular weight excluding hydrogens is 473 g/mol. The van der Waals surface area contributed by atoms with Crippen LogP contribution < -0.4 is 5.32 Å². The number of carbonyl (C=O) groups excluding carboxylic acids is 1. The molecule has 3 rings (SSSR count). The Bertz CT molecular complexity index is 1070.